The molecule has 0 bridgehead atoms. The first-order valence-corrected chi connectivity index (χ1v) is 6.90. The predicted molar refractivity (Wildman–Crippen MR) is 82.9 cm³/mol. The molecule has 3 N–H and O–H groups in total. The summed E-state index contributed by atoms with van der Waals surface area (Å²) in [6, 6.07) is 10.6. The third-order valence-corrected chi connectivity index (χ3v) is 3.49. The van der Waals surface area contributed by atoms with Crippen LogP contribution in [0.3, 0.4) is 0 Å². The highest BCUT2D eigenvalue weighted by Gasteiger charge is 2.12. The summed E-state index contributed by atoms with van der Waals surface area (Å²) in [7, 11) is 0. The van der Waals surface area contributed by atoms with E-state index in [0.29, 0.717) is 22.1 Å². The summed E-state index contributed by atoms with van der Waals surface area (Å²) in [6.45, 7) is 1.98. The lowest BCUT2D eigenvalue weighted by molar-refractivity contribution is 0.318. The standard InChI is InChI=1S/C14H12BrClN2O2/c1-8-2-4-13(11(15)6-8)20-12-5-3-9(16)7-10(12)14(17)18-19/h2-7,19H,1H3,(H2,17,18). The van der Waals surface area contributed by atoms with E-state index < -0.39 is 0 Å². The lowest BCUT2D eigenvalue weighted by Crippen LogP contribution is -2.14. The summed E-state index contributed by atoms with van der Waals surface area (Å²) in [5, 5.41) is 12.3. The maximum atomic E-state index is 8.82. The Kier molecular flexibility index (Phi) is 4.52. The van der Waals surface area contributed by atoms with Crippen molar-refractivity contribution in [1.29, 1.82) is 0 Å². The summed E-state index contributed by atoms with van der Waals surface area (Å²) in [5.74, 6) is 1.02. The second-order valence-corrected chi connectivity index (χ2v) is 5.45. The minimum atomic E-state index is -0.0641. The normalized spacial score (nSPS) is 11.4. The number of oxime groups is 1. The Morgan fingerprint density at radius 1 is 1.25 bits per heavy atom. The van der Waals surface area contributed by atoms with Gasteiger partial charge in [-0.2, -0.15) is 0 Å². The Labute approximate surface area is 129 Å². The predicted octanol–water partition coefficient (Wildman–Crippen LogP) is 4.30. The Morgan fingerprint density at radius 3 is 2.60 bits per heavy atom. The molecular formula is C14H12BrClN2O2. The maximum Gasteiger partial charge on any atom is 0.173 e. The van der Waals surface area contributed by atoms with Crippen molar-refractivity contribution in [3.63, 3.8) is 0 Å². The molecule has 0 heterocycles. The van der Waals surface area contributed by atoms with Crippen LogP contribution in [0.25, 0.3) is 0 Å². The third kappa shape index (κ3) is 3.23. The summed E-state index contributed by atoms with van der Waals surface area (Å²) >= 11 is 9.35. The molecule has 2 aromatic rings. The van der Waals surface area contributed by atoms with Crippen molar-refractivity contribution >= 4 is 33.4 Å². The lowest BCUT2D eigenvalue weighted by Gasteiger charge is -2.12. The van der Waals surface area contributed by atoms with Gasteiger partial charge in [0.1, 0.15) is 11.5 Å². The van der Waals surface area contributed by atoms with Crippen molar-refractivity contribution in [2.24, 2.45) is 10.9 Å². The maximum absolute atomic E-state index is 8.82. The number of ether oxygens (including phenoxy) is 1. The van der Waals surface area contributed by atoms with Gasteiger partial charge < -0.3 is 15.7 Å². The minimum absolute atomic E-state index is 0.0641. The number of nitrogens with zero attached hydrogens (tertiary/aromatic N) is 1. The summed E-state index contributed by atoms with van der Waals surface area (Å²) in [4.78, 5) is 0. The van der Waals surface area contributed by atoms with Crippen LogP contribution in [0.4, 0.5) is 0 Å². The van der Waals surface area contributed by atoms with Gasteiger partial charge in [-0.3, -0.25) is 0 Å². The number of amidine groups is 1. The van der Waals surface area contributed by atoms with Gasteiger partial charge in [-0.25, -0.2) is 0 Å². The zero-order valence-electron chi connectivity index (χ0n) is 10.6. The van der Waals surface area contributed by atoms with Crippen LogP contribution in [-0.2, 0) is 0 Å². The molecule has 2 rings (SSSR count). The van der Waals surface area contributed by atoms with Crippen molar-refractivity contribution in [2.45, 2.75) is 6.92 Å². The van der Waals surface area contributed by atoms with Gasteiger partial charge in [-0.05, 0) is 58.7 Å². The summed E-state index contributed by atoms with van der Waals surface area (Å²) in [5.41, 5.74) is 7.16. The van der Waals surface area contributed by atoms with E-state index >= 15 is 0 Å². The highest BCUT2D eigenvalue weighted by atomic mass is 79.9. The molecule has 0 amide bonds. The molecule has 0 unspecified atom stereocenters. The molecule has 4 nitrogen and oxygen atoms in total. The molecule has 0 saturated heterocycles. The Morgan fingerprint density at radius 2 is 1.95 bits per heavy atom. The molecule has 6 heteroatoms. The fourth-order valence-corrected chi connectivity index (χ4v) is 2.40. The molecule has 0 radical (unpaired) electrons. The molecule has 0 spiro atoms. The average Bonchev–Trinajstić information content (AvgIpc) is 2.42. The number of aryl methyl sites for hydroxylation is 1. The summed E-state index contributed by atoms with van der Waals surface area (Å²) in [6.07, 6.45) is 0. The number of hydrogen-bond donors (Lipinski definition) is 2. The topological polar surface area (TPSA) is 67.8 Å². The fraction of sp³-hybridized carbons (Fsp3) is 0.0714. The number of benzene rings is 2. The van der Waals surface area contributed by atoms with Gasteiger partial charge in [-0.15, -0.1) is 0 Å². The molecule has 2 aromatic carbocycles. The first kappa shape index (κ1) is 14.7. The second kappa shape index (κ2) is 6.15. The van der Waals surface area contributed by atoms with Crippen LogP contribution in [0.1, 0.15) is 11.1 Å². The van der Waals surface area contributed by atoms with Crippen LogP contribution in [0.15, 0.2) is 46.0 Å². The third-order valence-electron chi connectivity index (χ3n) is 2.63. The highest BCUT2D eigenvalue weighted by Crippen LogP contribution is 2.33. The van der Waals surface area contributed by atoms with Gasteiger partial charge in [0.15, 0.2) is 5.84 Å². The zero-order chi connectivity index (χ0) is 14.7. The van der Waals surface area contributed by atoms with E-state index in [9.17, 15) is 0 Å². The Hall–Kier alpha value is -1.72. The van der Waals surface area contributed by atoms with E-state index in [-0.39, 0.29) is 5.84 Å². The van der Waals surface area contributed by atoms with Crippen molar-refractivity contribution < 1.29 is 9.94 Å². The number of halogens is 2. The van der Waals surface area contributed by atoms with Crippen molar-refractivity contribution in [2.75, 3.05) is 0 Å². The SMILES string of the molecule is Cc1ccc(Oc2ccc(Cl)cc2C(N)=NO)c(Br)c1. The fourth-order valence-electron chi connectivity index (χ4n) is 1.65. The summed E-state index contributed by atoms with van der Waals surface area (Å²) < 4.78 is 6.61. The molecule has 0 aliphatic heterocycles. The molecule has 0 saturated carbocycles. The highest BCUT2D eigenvalue weighted by molar-refractivity contribution is 9.10. The van der Waals surface area contributed by atoms with Gasteiger partial charge in [0.05, 0.1) is 10.0 Å². The monoisotopic (exact) mass is 354 g/mol. The number of rotatable bonds is 3. The average molecular weight is 356 g/mol. The van der Waals surface area contributed by atoms with Gasteiger partial charge in [0, 0.05) is 5.02 Å². The van der Waals surface area contributed by atoms with Crippen molar-refractivity contribution in [3.05, 3.63) is 57.0 Å². The molecule has 0 aromatic heterocycles. The largest absolute Gasteiger partial charge is 0.455 e. The Balaban J connectivity index is 2.43. The number of hydrogen-bond acceptors (Lipinski definition) is 3. The van der Waals surface area contributed by atoms with Gasteiger partial charge in [0.25, 0.3) is 0 Å². The first-order chi connectivity index (χ1) is 9.51. The Bertz CT molecular complexity index is 674. The zero-order valence-corrected chi connectivity index (χ0v) is 12.9. The molecule has 0 aliphatic carbocycles. The van der Waals surface area contributed by atoms with E-state index in [4.69, 9.17) is 27.3 Å². The smallest absolute Gasteiger partial charge is 0.173 e. The molecule has 20 heavy (non-hydrogen) atoms. The lowest BCUT2D eigenvalue weighted by atomic mass is 10.2. The van der Waals surface area contributed by atoms with Crippen molar-refractivity contribution in [1.82, 2.24) is 0 Å². The van der Waals surface area contributed by atoms with Crippen molar-refractivity contribution in [3.8, 4) is 11.5 Å². The van der Waals surface area contributed by atoms with Crippen LogP contribution in [0.5, 0.6) is 11.5 Å². The van der Waals surface area contributed by atoms with Gasteiger partial charge >= 0.3 is 0 Å². The van der Waals surface area contributed by atoms with Crippen LogP contribution in [0.2, 0.25) is 5.02 Å². The van der Waals surface area contributed by atoms with Gasteiger partial charge in [-0.1, -0.05) is 22.8 Å². The molecule has 0 fully saturated rings. The van der Waals surface area contributed by atoms with Crippen LogP contribution < -0.4 is 10.5 Å². The molecular weight excluding hydrogens is 344 g/mol. The number of nitrogens with two attached hydrogens (primary N) is 1. The van der Waals surface area contributed by atoms with Crippen LogP contribution in [-0.4, -0.2) is 11.0 Å². The van der Waals surface area contributed by atoms with E-state index in [1.165, 1.54) is 0 Å². The van der Waals surface area contributed by atoms with E-state index in [1.807, 2.05) is 25.1 Å². The van der Waals surface area contributed by atoms with Crippen LogP contribution in [0, 0.1) is 6.92 Å². The molecule has 0 atom stereocenters. The minimum Gasteiger partial charge on any atom is -0.455 e. The van der Waals surface area contributed by atoms with E-state index in [1.54, 1.807) is 18.2 Å². The van der Waals surface area contributed by atoms with E-state index in [2.05, 4.69) is 21.1 Å². The van der Waals surface area contributed by atoms with E-state index in [0.717, 1.165) is 10.0 Å². The first-order valence-electron chi connectivity index (χ1n) is 5.72. The molecule has 0 aliphatic rings. The van der Waals surface area contributed by atoms with Gasteiger partial charge in [0.2, 0.25) is 0 Å². The molecule has 104 valence electrons. The quantitative estimate of drug-likeness (QED) is 0.373. The second-order valence-electron chi connectivity index (χ2n) is 4.16. The van der Waals surface area contributed by atoms with Crippen LogP contribution >= 0.6 is 27.5 Å².